The van der Waals surface area contributed by atoms with Gasteiger partial charge in [0.1, 0.15) is 23.3 Å². The van der Waals surface area contributed by atoms with Crippen molar-refractivity contribution in [2.45, 2.75) is 19.9 Å². The van der Waals surface area contributed by atoms with E-state index in [9.17, 15) is 19.5 Å². The van der Waals surface area contributed by atoms with Crippen LogP contribution in [0.15, 0.2) is 28.4 Å². The van der Waals surface area contributed by atoms with Crippen molar-refractivity contribution in [3.05, 3.63) is 52.2 Å². The Balaban J connectivity index is 1.75. The first-order valence-electron chi connectivity index (χ1n) is 10.7. The SMILES string of the molecule is COC(=O)c1[nH]c(C)c(/C(O)=C2\C(=O)C(=O)N(CCN3CCOCC3)[C@@H]2c2ccco2)c1C. The number of likely N-dealkylation sites (tertiary alicyclic amines) is 1. The second-order valence-electron chi connectivity index (χ2n) is 8.08. The molecule has 1 amide bonds. The monoisotopic (exact) mass is 457 g/mol. The van der Waals surface area contributed by atoms with Gasteiger partial charge in [-0.15, -0.1) is 0 Å². The molecule has 2 aliphatic heterocycles. The molecular formula is C23H27N3O7. The molecule has 2 fully saturated rings. The number of H-pyrrole nitrogens is 1. The van der Waals surface area contributed by atoms with Crippen LogP contribution in [0.3, 0.4) is 0 Å². The van der Waals surface area contributed by atoms with E-state index in [4.69, 9.17) is 13.9 Å². The topological polar surface area (TPSA) is 125 Å². The molecule has 0 aliphatic carbocycles. The average Bonchev–Trinajstić information content (AvgIpc) is 3.51. The molecule has 0 radical (unpaired) electrons. The van der Waals surface area contributed by atoms with Gasteiger partial charge in [-0.2, -0.15) is 0 Å². The molecule has 10 nitrogen and oxygen atoms in total. The predicted octanol–water partition coefficient (Wildman–Crippen LogP) is 1.77. The smallest absolute Gasteiger partial charge is 0.354 e. The number of furan rings is 1. The molecule has 4 heterocycles. The fraction of sp³-hybridized carbons (Fsp3) is 0.435. The molecule has 2 aromatic rings. The molecule has 0 saturated carbocycles. The Morgan fingerprint density at radius 1 is 1.24 bits per heavy atom. The highest BCUT2D eigenvalue weighted by Crippen LogP contribution is 2.40. The van der Waals surface area contributed by atoms with Crippen LogP contribution in [0.4, 0.5) is 0 Å². The third kappa shape index (κ3) is 4.07. The summed E-state index contributed by atoms with van der Waals surface area (Å²) in [5.74, 6) is -2.08. The van der Waals surface area contributed by atoms with Crippen molar-refractivity contribution in [3.8, 4) is 0 Å². The number of morpholine rings is 1. The van der Waals surface area contributed by atoms with Crippen molar-refractivity contribution in [1.82, 2.24) is 14.8 Å². The Bertz CT molecular complexity index is 1090. The molecule has 2 N–H and O–H groups in total. The van der Waals surface area contributed by atoms with Gasteiger partial charge in [-0.05, 0) is 31.5 Å². The molecule has 4 rings (SSSR count). The van der Waals surface area contributed by atoms with E-state index in [2.05, 4.69) is 9.88 Å². The molecule has 0 unspecified atom stereocenters. The number of Topliss-reactive ketones (excluding diaryl/α,β-unsaturated/α-hetero) is 1. The second-order valence-corrected chi connectivity index (χ2v) is 8.08. The van der Waals surface area contributed by atoms with Crippen LogP contribution < -0.4 is 0 Å². The molecule has 2 aliphatic rings. The number of carbonyl (C=O) groups is 3. The molecule has 2 saturated heterocycles. The fourth-order valence-corrected chi connectivity index (χ4v) is 4.47. The van der Waals surface area contributed by atoms with Crippen molar-refractivity contribution in [3.63, 3.8) is 0 Å². The first-order chi connectivity index (χ1) is 15.8. The Morgan fingerprint density at radius 2 is 1.97 bits per heavy atom. The quantitative estimate of drug-likeness (QED) is 0.291. The normalized spacial score (nSPS) is 21.1. The van der Waals surface area contributed by atoms with E-state index in [0.29, 0.717) is 36.8 Å². The highest BCUT2D eigenvalue weighted by molar-refractivity contribution is 6.46. The molecule has 2 aromatic heterocycles. The van der Waals surface area contributed by atoms with Crippen LogP contribution in [-0.4, -0.2) is 84.1 Å². The van der Waals surface area contributed by atoms with Gasteiger partial charge in [-0.3, -0.25) is 14.5 Å². The maximum atomic E-state index is 13.1. The van der Waals surface area contributed by atoms with Crippen molar-refractivity contribution in [1.29, 1.82) is 0 Å². The van der Waals surface area contributed by atoms with E-state index in [1.165, 1.54) is 18.3 Å². The number of aromatic amines is 1. The van der Waals surface area contributed by atoms with Crippen LogP contribution in [0, 0.1) is 13.8 Å². The molecule has 176 valence electrons. The van der Waals surface area contributed by atoms with E-state index >= 15 is 0 Å². The summed E-state index contributed by atoms with van der Waals surface area (Å²) in [6.07, 6.45) is 1.46. The Morgan fingerprint density at radius 3 is 2.61 bits per heavy atom. The number of aryl methyl sites for hydroxylation is 1. The molecule has 10 heteroatoms. The molecule has 1 atom stereocenters. The number of hydrogen-bond acceptors (Lipinski definition) is 8. The minimum absolute atomic E-state index is 0.0708. The first-order valence-corrected chi connectivity index (χ1v) is 10.7. The number of aromatic nitrogens is 1. The fourth-order valence-electron chi connectivity index (χ4n) is 4.47. The van der Waals surface area contributed by atoms with Crippen LogP contribution in [0.25, 0.3) is 5.76 Å². The largest absolute Gasteiger partial charge is 0.507 e. The van der Waals surface area contributed by atoms with Crippen LogP contribution in [0.2, 0.25) is 0 Å². The summed E-state index contributed by atoms with van der Waals surface area (Å²) in [5, 5.41) is 11.3. The van der Waals surface area contributed by atoms with Gasteiger partial charge in [-0.25, -0.2) is 4.79 Å². The van der Waals surface area contributed by atoms with Gasteiger partial charge in [0, 0.05) is 37.4 Å². The standard InChI is InChI=1S/C23H27N3O7/c1-13-16(14(2)24-18(13)23(30)31-3)20(27)17-19(15-5-4-10-33-15)26(22(29)21(17)28)7-6-25-8-11-32-12-9-25/h4-5,10,19,24,27H,6-9,11-12H2,1-3H3/b20-17+/t19-/m1/s1. The number of amides is 1. The van der Waals surface area contributed by atoms with Crippen molar-refractivity contribution in [2.75, 3.05) is 46.5 Å². The highest BCUT2D eigenvalue weighted by atomic mass is 16.5. The Labute approximate surface area is 190 Å². The second kappa shape index (κ2) is 9.24. The number of ketones is 1. The number of esters is 1. The van der Waals surface area contributed by atoms with Crippen LogP contribution in [0.1, 0.15) is 39.1 Å². The van der Waals surface area contributed by atoms with Gasteiger partial charge >= 0.3 is 5.97 Å². The summed E-state index contributed by atoms with van der Waals surface area (Å²) in [4.78, 5) is 44.7. The lowest BCUT2D eigenvalue weighted by molar-refractivity contribution is -0.140. The number of methoxy groups -OCH3 is 1. The summed E-state index contributed by atoms with van der Waals surface area (Å²) in [6, 6.07) is 2.46. The summed E-state index contributed by atoms with van der Waals surface area (Å²) < 4.78 is 15.7. The molecule has 33 heavy (non-hydrogen) atoms. The summed E-state index contributed by atoms with van der Waals surface area (Å²) in [7, 11) is 1.26. The summed E-state index contributed by atoms with van der Waals surface area (Å²) in [5.41, 5.74) is 1.29. The van der Waals surface area contributed by atoms with Crippen molar-refractivity contribution >= 4 is 23.4 Å². The minimum Gasteiger partial charge on any atom is -0.507 e. The average molecular weight is 457 g/mol. The lowest BCUT2D eigenvalue weighted by Crippen LogP contribution is -2.42. The van der Waals surface area contributed by atoms with E-state index in [0.717, 1.165) is 13.1 Å². The minimum atomic E-state index is -0.878. The zero-order valence-corrected chi connectivity index (χ0v) is 18.8. The van der Waals surface area contributed by atoms with Crippen LogP contribution >= 0.6 is 0 Å². The van der Waals surface area contributed by atoms with Gasteiger partial charge in [0.05, 0.1) is 32.2 Å². The number of aliphatic hydroxyl groups is 1. The summed E-state index contributed by atoms with van der Waals surface area (Å²) >= 11 is 0. The number of rotatable bonds is 6. The van der Waals surface area contributed by atoms with Crippen LogP contribution in [-0.2, 0) is 19.1 Å². The number of nitrogens with zero attached hydrogens (tertiary/aromatic N) is 2. The first kappa shape index (κ1) is 22.8. The summed E-state index contributed by atoms with van der Waals surface area (Å²) in [6.45, 7) is 6.88. The third-order valence-corrected chi connectivity index (χ3v) is 6.18. The van der Waals surface area contributed by atoms with Gasteiger partial charge in [0.2, 0.25) is 0 Å². The lowest BCUT2D eigenvalue weighted by Gasteiger charge is -2.30. The van der Waals surface area contributed by atoms with E-state index < -0.39 is 23.7 Å². The van der Waals surface area contributed by atoms with E-state index in [1.54, 1.807) is 26.0 Å². The van der Waals surface area contributed by atoms with Gasteiger partial charge < -0.3 is 28.9 Å². The van der Waals surface area contributed by atoms with Gasteiger partial charge in [0.15, 0.2) is 0 Å². The zero-order valence-electron chi connectivity index (χ0n) is 18.8. The Kier molecular flexibility index (Phi) is 6.39. The molecular weight excluding hydrogens is 430 g/mol. The maximum absolute atomic E-state index is 13.1. The number of carbonyl (C=O) groups excluding carboxylic acids is 3. The number of nitrogens with one attached hydrogen (secondary N) is 1. The zero-order chi connectivity index (χ0) is 23.7. The Hall–Kier alpha value is -3.37. The van der Waals surface area contributed by atoms with Crippen molar-refractivity contribution < 1.29 is 33.4 Å². The number of ether oxygens (including phenoxy) is 2. The van der Waals surface area contributed by atoms with E-state index in [-0.39, 0.29) is 29.1 Å². The molecule has 0 aromatic carbocycles. The number of hydrogen-bond donors (Lipinski definition) is 2. The van der Waals surface area contributed by atoms with Gasteiger partial charge in [0.25, 0.3) is 11.7 Å². The predicted molar refractivity (Wildman–Crippen MR) is 117 cm³/mol. The van der Waals surface area contributed by atoms with E-state index in [1.807, 2.05) is 0 Å². The van der Waals surface area contributed by atoms with Crippen molar-refractivity contribution in [2.24, 2.45) is 0 Å². The highest BCUT2D eigenvalue weighted by Gasteiger charge is 2.47. The lowest BCUT2D eigenvalue weighted by atomic mass is 9.97. The third-order valence-electron chi connectivity index (χ3n) is 6.18. The van der Waals surface area contributed by atoms with Gasteiger partial charge in [-0.1, -0.05) is 0 Å². The maximum Gasteiger partial charge on any atom is 0.354 e. The van der Waals surface area contributed by atoms with Crippen LogP contribution in [0.5, 0.6) is 0 Å². The number of aliphatic hydroxyl groups excluding tert-OH is 1. The molecule has 0 spiro atoms. The molecule has 0 bridgehead atoms.